The third kappa shape index (κ3) is 3.27. The first-order valence-electron chi connectivity index (χ1n) is 6.00. The number of hydrogen-bond donors (Lipinski definition) is 1. The van der Waals surface area contributed by atoms with Crippen LogP contribution >= 0.6 is 11.8 Å². The van der Waals surface area contributed by atoms with Crippen LogP contribution in [0.3, 0.4) is 0 Å². The minimum Gasteiger partial charge on any atom is -0.465 e. The molecule has 2 aromatic rings. The van der Waals surface area contributed by atoms with Crippen LogP contribution in [0.1, 0.15) is 21.7 Å². The second kappa shape index (κ2) is 6.38. The summed E-state index contributed by atoms with van der Waals surface area (Å²) in [6, 6.07) is 8.09. The van der Waals surface area contributed by atoms with Crippen molar-refractivity contribution in [2.75, 3.05) is 12.8 Å². The minimum atomic E-state index is -0.527. The highest BCUT2D eigenvalue weighted by Gasteiger charge is 2.12. The molecule has 0 radical (unpaired) electrons. The van der Waals surface area contributed by atoms with Crippen LogP contribution in [0.4, 0.5) is 5.82 Å². The average molecular weight is 289 g/mol. The molecule has 0 bridgehead atoms. The van der Waals surface area contributed by atoms with Crippen LogP contribution in [0.5, 0.6) is 0 Å². The minimum absolute atomic E-state index is 0.146. The average Bonchev–Trinajstić information content (AvgIpc) is 2.46. The zero-order chi connectivity index (χ0) is 14.5. The maximum Gasteiger partial charge on any atom is 0.343 e. The molecule has 0 aliphatic rings. The summed E-state index contributed by atoms with van der Waals surface area (Å²) in [5, 5.41) is 0. The number of ether oxygens (including phenoxy) is 1. The molecule has 0 aliphatic carbocycles. The van der Waals surface area contributed by atoms with Crippen molar-refractivity contribution in [3.63, 3.8) is 0 Å². The van der Waals surface area contributed by atoms with Crippen LogP contribution < -0.4 is 5.73 Å². The molecule has 0 atom stereocenters. The third-order valence-electron chi connectivity index (χ3n) is 2.72. The zero-order valence-corrected chi connectivity index (χ0v) is 12.1. The molecule has 0 amide bonds. The summed E-state index contributed by atoms with van der Waals surface area (Å²) in [5.74, 6) is 0.799. The smallest absolute Gasteiger partial charge is 0.343 e. The number of nitrogens with zero attached hydrogens (tertiary/aromatic N) is 2. The number of rotatable bonds is 4. The van der Waals surface area contributed by atoms with Crippen molar-refractivity contribution in [1.29, 1.82) is 0 Å². The Morgan fingerprint density at radius 3 is 2.80 bits per heavy atom. The van der Waals surface area contributed by atoms with E-state index in [1.807, 2.05) is 18.2 Å². The normalized spacial score (nSPS) is 10.3. The number of carbonyl (C=O) groups excluding carboxylic acids is 1. The quantitative estimate of drug-likeness (QED) is 0.688. The molecule has 0 unspecified atom stereocenters. The summed E-state index contributed by atoms with van der Waals surface area (Å²) in [6.45, 7) is 2.05. The molecule has 6 heteroatoms. The Morgan fingerprint density at radius 1 is 1.40 bits per heavy atom. The molecule has 20 heavy (non-hydrogen) atoms. The van der Waals surface area contributed by atoms with E-state index in [9.17, 15) is 4.79 Å². The van der Waals surface area contributed by atoms with Gasteiger partial charge in [0.05, 0.1) is 12.9 Å². The van der Waals surface area contributed by atoms with E-state index in [1.165, 1.54) is 23.8 Å². The Kier molecular flexibility index (Phi) is 4.57. The Bertz CT molecular complexity index is 632. The summed E-state index contributed by atoms with van der Waals surface area (Å²) in [7, 11) is 1.30. The SMILES string of the molecule is COC(=O)c1cnc(CSc2ccccc2C)nc1N. The van der Waals surface area contributed by atoms with Gasteiger partial charge in [0.25, 0.3) is 0 Å². The third-order valence-corrected chi connectivity index (χ3v) is 3.90. The molecule has 2 N–H and O–H groups in total. The van der Waals surface area contributed by atoms with E-state index in [0.717, 1.165) is 0 Å². The number of aromatic nitrogens is 2. The van der Waals surface area contributed by atoms with Gasteiger partial charge in [-0.05, 0) is 18.6 Å². The van der Waals surface area contributed by atoms with Gasteiger partial charge in [0, 0.05) is 11.1 Å². The molecular weight excluding hydrogens is 274 g/mol. The zero-order valence-electron chi connectivity index (χ0n) is 11.3. The highest BCUT2D eigenvalue weighted by Crippen LogP contribution is 2.24. The molecule has 1 heterocycles. The lowest BCUT2D eigenvalue weighted by atomic mass is 10.2. The fourth-order valence-electron chi connectivity index (χ4n) is 1.63. The molecule has 0 spiro atoms. The fraction of sp³-hybridized carbons (Fsp3) is 0.214. The summed E-state index contributed by atoms with van der Waals surface area (Å²) in [4.78, 5) is 20.8. The largest absolute Gasteiger partial charge is 0.465 e. The van der Waals surface area contributed by atoms with Crippen LogP contribution in [-0.4, -0.2) is 23.0 Å². The van der Waals surface area contributed by atoms with Gasteiger partial charge in [-0.3, -0.25) is 0 Å². The van der Waals surface area contributed by atoms with Gasteiger partial charge in [-0.15, -0.1) is 11.8 Å². The van der Waals surface area contributed by atoms with Crippen LogP contribution in [0.15, 0.2) is 35.4 Å². The van der Waals surface area contributed by atoms with Gasteiger partial charge < -0.3 is 10.5 Å². The van der Waals surface area contributed by atoms with Gasteiger partial charge in [0.15, 0.2) is 0 Å². The Hall–Kier alpha value is -2.08. The molecule has 0 fully saturated rings. The number of carbonyl (C=O) groups is 1. The van der Waals surface area contributed by atoms with E-state index < -0.39 is 5.97 Å². The lowest BCUT2D eigenvalue weighted by Gasteiger charge is -2.06. The first kappa shape index (κ1) is 14.3. The number of nitrogen functional groups attached to an aromatic ring is 1. The number of methoxy groups -OCH3 is 1. The van der Waals surface area contributed by atoms with Crippen LogP contribution in [0.25, 0.3) is 0 Å². The van der Waals surface area contributed by atoms with Crippen LogP contribution in [0.2, 0.25) is 0 Å². The van der Waals surface area contributed by atoms with E-state index in [0.29, 0.717) is 11.6 Å². The van der Waals surface area contributed by atoms with Gasteiger partial charge in [-0.1, -0.05) is 18.2 Å². The predicted octanol–water partition coefficient (Wildman–Crippen LogP) is 2.45. The Morgan fingerprint density at radius 2 is 2.15 bits per heavy atom. The number of hydrogen-bond acceptors (Lipinski definition) is 6. The van der Waals surface area contributed by atoms with Crippen molar-refractivity contribution in [3.8, 4) is 0 Å². The first-order valence-corrected chi connectivity index (χ1v) is 6.98. The van der Waals surface area contributed by atoms with Crippen molar-refractivity contribution >= 4 is 23.5 Å². The summed E-state index contributed by atoms with van der Waals surface area (Å²) >= 11 is 1.63. The van der Waals surface area contributed by atoms with Crippen molar-refractivity contribution < 1.29 is 9.53 Å². The number of aryl methyl sites for hydroxylation is 1. The van der Waals surface area contributed by atoms with Gasteiger partial charge in [-0.25, -0.2) is 14.8 Å². The first-order chi connectivity index (χ1) is 9.61. The molecule has 1 aromatic heterocycles. The van der Waals surface area contributed by atoms with Crippen molar-refractivity contribution in [2.24, 2.45) is 0 Å². The second-order valence-electron chi connectivity index (χ2n) is 4.13. The van der Waals surface area contributed by atoms with Gasteiger partial charge in [0.2, 0.25) is 0 Å². The van der Waals surface area contributed by atoms with E-state index >= 15 is 0 Å². The Balaban J connectivity index is 2.10. The fourth-order valence-corrected chi connectivity index (χ4v) is 2.52. The number of nitrogens with two attached hydrogens (primary N) is 1. The van der Waals surface area contributed by atoms with Gasteiger partial charge >= 0.3 is 5.97 Å². The molecule has 0 saturated carbocycles. The second-order valence-corrected chi connectivity index (χ2v) is 5.15. The molecule has 0 saturated heterocycles. The van der Waals surface area contributed by atoms with Gasteiger partial charge in [0.1, 0.15) is 17.2 Å². The molecule has 5 nitrogen and oxygen atoms in total. The number of esters is 1. The Labute approximate surface area is 121 Å². The lowest BCUT2D eigenvalue weighted by molar-refractivity contribution is 0.0601. The molecule has 1 aromatic carbocycles. The molecular formula is C14H15N3O2S. The van der Waals surface area contributed by atoms with Gasteiger partial charge in [-0.2, -0.15) is 0 Å². The number of thioether (sulfide) groups is 1. The number of benzene rings is 1. The summed E-state index contributed by atoms with van der Waals surface area (Å²) in [5.41, 5.74) is 7.13. The monoisotopic (exact) mass is 289 g/mol. The van der Waals surface area contributed by atoms with E-state index in [4.69, 9.17) is 5.73 Å². The number of anilines is 1. The van der Waals surface area contributed by atoms with Crippen molar-refractivity contribution in [1.82, 2.24) is 9.97 Å². The van der Waals surface area contributed by atoms with Crippen LogP contribution in [0, 0.1) is 6.92 Å². The van der Waals surface area contributed by atoms with Crippen LogP contribution in [-0.2, 0) is 10.5 Å². The maximum absolute atomic E-state index is 11.4. The predicted molar refractivity (Wildman–Crippen MR) is 78.5 cm³/mol. The van der Waals surface area contributed by atoms with E-state index in [-0.39, 0.29) is 11.4 Å². The maximum atomic E-state index is 11.4. The molecule has 2 rings (SSSR count). The topological polar surface area (TPSA) is 78.1 Å². The summed E-state index contributed by atoms with van der Waals surface area (Å²) in [6.07, 6.45) is 1.40. The van der Waals surface area contributed by atoms with Crippen molar-refractivity contribution in [3.05, 3.63) is 47.4 Å². The van der Waals surface area contributed by atoms with E-state index in [1.54, 1.807) is 11.8 Å². The molecule has 0 aliphatic heterocycles. The van der Waals surface area contributed by atoms with E-state index in [2.05, 4.69) is 27.7 Å². The summed E-state index contributed by atoms with van der Waals surface area (Å²) < 4.78 is 4.60. The highest BCUT2D eigenvalue weighted by atomic mass is 32.2. The lowest BCUT2D eigenvalue weighted by Crippen LogP contribution is -2.09. The standard InChI is InChI=1S/C14H15N3O2S/c1-9-5-3-4-6-11(9)20-8-12-16-7-10(13(15)17-12)14(18)19-2/h3-7H,8H2,1-2H3,(H2,15,16,17). The highest BCUT2D eigenvalue weighted by molar-refractivity contribution is 7.98. The molecule has 104 valence electrons. The van der Waals surface area contributed by atoms with Crippen molar-refractivity contribution in [2.45, 2.75) is 17.6 Å².